The summed E-state index contributed by atoms with van der Waals surface area (Å²) >= 11 is 0. The van der Waals surface area contributed by atoms with Crippen LogP contribution in [0.15, 0.2) is 4.52 Å². The van der Waals surface area contributed by atoms with Crippen molar-refractivity contribution in [3.63, 3.8) is 0 Å². The molecule has 2 aliphatic rings. The minimum absolute atomic E-state index is 0.0995. The van der Waals surface area contributed by atoms with Crippen molar-refractivity contribution in [1.29, 1.82) is 0 Å². The highest BCUT2D eigenvalue weighted by Gasteiger charge is 2.33. The largest absolute Gasteiger partial charge is 0.339 e. The predicted molar refractivity (Wildman–Crippen MR) is 73.9 cm³/mol. The molecule has 0 spiro atoms. The molecular weight excluding hydrogens is 278 g/mol. The molecule has 0 aromatic carbocycles. The predicted octanol–water partition coefficient (Wildman–Crippen LogP) is 1.03. The lowest BCUT2D eigenvalue weighted by Crippen LogP contribution is -2.34. The van der Waals surface area contributed by atoms with Crippen LogP contribution in [0.1, 0.15) is 49.7 Å². The fourth-order valence-corrected chi connectivity index (χ4v) is 4.97. The lowest BCUT2D eigenvalue weighted by Gasteiger charge is -2.27. The molecule has 0 amide bonds. The van der Waals surface area contributed by atoms with E-state index in [1.54, 1.807) is 0 Å². The van der Waals surface area contributed by atoms with E-state index in [4.69, 9.17) is 10.3 Å². The van der Waals surface area contributed by atoms with Crippen molar-refractivity contribution in [2.45, 2.75) is 50.5 Å². The van der Waals surface area contributed by atoms with E-state index in [9.17, 15) is 8.42 Å². The highest BCUT2D eigenvalue weighted by atomic mass is 32.2. The molecule has 1 aromatic rings. The third-order valence-electron chi connectivity index (χ3n) is 4.49. The summed E-state index contributed by atoms with van der Waals surface area (Å²) in [5, 5.41) is 3.96. The Hall–Kier alpha value is -0.950. The Balaban J connectivity index is 1.65. The van der Waals surface area contributed by atoms with Crippen molar-refractivity contribution < 1.29 is 12.9 Å². The molecule has 0 radical (unpaired) electrons. The standard InChI is InChI=1S/C13H21N3O3S/c14-11-4-2-1-3-9(11)7-12-15-13(16-19-12)10-5-6-20(17,18)8-10/h9-11H,1-8,14H2. The number of rotatable bonds is 3. The first-order valence-electron chi connectivity index (χ1n) is 7.32. The van der Waals surface area contributed by atoms with Crippen LogP contribution < -0.4 is 5.73 Å². The van der Waals surface area contributed by atoms with Gasteiger partial charge in [0.1, 0.15) is 0 Å². The fourth-order valence-electron chi connectivity index (χ4n) is 3.23. The van der Waals surface area contributed by atoms with Crippen molar-refractivity contribution in [2.24, 2.45) is 11.7 Å². The second-order valence-electron chi connectivity index (χ2n) is 6.06. The van der Waals surface area contributed by atoms with Crippen molar-refractivity contribution in [2.75, 3.05) is 11.5 Å². The quantitative estimate of drug-likeness (QED) is 0.895. The first kappa shape index (κ1) is 14.0. The molecule has 20 heavy (non-hydrogen) atoms. The van der Waals surface area contributed by atoms with Gasteiger partial charge in [0.05, 0.1) is 11.5 Å². The van der Waals surface area contributed by atoms with Gasteiger partial charge in [-0.1, -0.05) is 18.0 Å². The summed E-state index contributed by atoms with van der Waals surface area (Å²) in [4.78, 5) is 4.39. The first-order chi connectivity index (χ1) is 9.53. The highest BCUT2D eigenvalue weighted by molar-refractivity contribution is 7.91. The molecule has 7 heteroatoms. The Morgan fingerprint density at radius 3 is 2.75 bits per heavy atom. The Kier molecular flexibility index (Phi) is 3.81. The zero-order chi connectivity index (χ0) is 14.2. The average Bonchev–Trinajstić information content (AvgIpc) is 2.99. The Morgan fingerprint density at radius 1 is 1.25 bits per heavy atom. The summed E-state index contributed by atoms with van der Waals surface area (Å²) in [5.41, 5.74) is 6.12. The minimum Gasteiger partial charge on any atom is -0.339 e. The summed E-state index contributed by atoms with van der Waals surface area (Å²) in [6.45, 7) is 0. The van der Waals surface area contributed by atoms with Gasteiger partial charge >= 0.3 is 0 Å². The molecular formula is C13H21N3O3S. The van der Waals surface area contributed by atoms with E-state index in [0.29, 0.717) is 30.5 Å². The summed E-state index contributed by atoms with van der Waals surface area (Å²) in [7, 11) is -2.91. The molecule has 112 valence electrons. The molecule has 0 bridgehead atoms. The normalized spacial score (nSPS) is 33.4. The summed E-state index contributed by atoms with van der Waals surface area (Å²) in [5.74, 6) is 1.84. The van der Waals surface area contributed by atoms with Crippen LogP contribution in [0, 0.1) is 5.92 Å². The smallest absolute Gasteiger partial charge is 0.226 e. The monoisotopic (exact) mass is 299 g/mol. The maximum atomic E-state index is 11.5. The topological polar surface area (TPSA) is 99.1 Å². The Morgan fingerprint density at radius 2 is 2.05 bits per heavy atom. The van der Waals surface area contributed by atoms with Crippen LogP contribution >= 0.6 is 0 Å². The van der Waals surface area contributed by atoms with Gasteiger partial charge in [0.2, 0.25) is 5.89 Å². The third-order valence-corrected chi connectivity index (χ3v) is 6.25. The molecule has 1 aliphatic carbocycles. The molecule has 1 saturated carbocycles. The van der Waals surface area contributed by atoms with Gasteiger partial charge in [-0.25, -0.2) is 8.42 Å². The zero-order valence-electron chi connectivity index (χ0n) is 11.5. The second-order valence-corrected chi connectivity index (χ2v) is 8.29. The summed E-state index contributed by atoms with van der Waals surface area (Å²) in [6.07, 6.45) is 5.90. The SMILES string of the molecule is NC1CCCCC1Cc1nc(C2CCS(=O)(=O)C2)no1. The lowest BCUT2D eigenvalue weighted by molar-refractivity contribution is 0.272. The molecule has 2 heterocycles. The highest BCUT2D eigenvalue weighted by Crippen LogP contribution is 2.29. The van der Waals surface area contributed by atoms with Crippen LogP contribution in [0.25, 0.3) is 0 Å². The van der Waals surface area contributed by atoms with E-state index in [0.717, 1.165) is 12.8 Å². The Labute approximate surface area is 119 Å². The van der Waals surface area contributed by atoms with Crippen LogP contribution in [-0.4, -0.2) is 36.1 Å². The molecule has 6 nitrogen and oxygen atoms in total. The lowest BCUT2D eigenvalue weighted by atomic mass is 9.83. The van der Waals surface area contributed by atoms with E-state index in [2.05, 4.69) is 10.1 Å². The van der Waals surface area contributed by atoms with Crippen molar-refractivity contribution in [1.82, 2.24) is 10.1 Å². The van der Waals surface area contributed by atoms with Gasteiger partial charge in [-0.05, 0) is 25.2 Å². The van der Waals surface area contributed by atoms with Crippen LogP contribution in [-0.2, 0) is 16.3 Å². The zero-order valence-corrected chi connectivity index (χ0v) is 12.3. The summed E-state index contributed by atoms with van der Waals surface area (Å²) < 4.78 is 28.2. The van der Waals surface area contributed by atoms with Crippen molar-refractivity contribution in [3.8, 4) is 0 Å². The van der Waals surface area contributed by atoms with E-state index < -0.39 is 9.84 Å². The van der Waals surface area contributed by atoms with E-state index in [-0.39, 0.29) is 23.5 Å². The van der Waals surface area contributed by atoms with Crippen molar-refractivity contribution >= 4 is 9.84 Å². The van der Waals surface area contributed by atoms with Gasteiger partial charge in [-0.2, -0.15) is 4.98 Å². The van der Waals surface area contributed by atoms with Crippen LogP contribution in [0.3, 0.4) is 0 Å². The molecule has 3 atom stereocenters. The number of nitrogens with two attached hydrogens (primary N) is 1. The third kappa shape index (κ3) is 3.03. The van der Waals surface area contributed by atoms with Gasteiger partial charge in [0.15, 0.2) is 15.7 Å². The molecule has 3 rings (SSSR count). The van der Waals surface area contributed by atoms with E-state index >= 15 is 0 Å². The number of nitrogens with zero attached hydrogens (tertiary/aromatic N) is 2. The molecule has 1 aliphatic heterocycles. The number of hydrogen-bond acceptors (Lipinski definition) is 6. The molecule has 1 saturated heterocycles. The van der Waals surface area contributed by atoms with Crippen LogP contribution in [0.5, 0.6) is 0 Å². The number of hydrogen-bond donors (Lipinski definition) is 1. The molecule has 1 aromatic heterocycles. The molecule has 3 unspecified atom stereocenters. The number of aromatic nitrogens is 2. The number of sulfone groups is 1. The second kappa shape index (κ2) is 5.44. The van der Waals surface area contributed by atoms with Gasteiger partial charge in [-0.3, -0.25) is 0 Å². The fraction of sp³-hybridized carbons (Fsp3) is 0.846. The molecule has 2 fully saturated rings. The van der Waals surface area contributed by atoms with Crippen molar-refractivity contribution in [3.05, 3.63) is 11.7 Å². The molecule has 2 N–H and O–H groups in total. The van der Waals surface area contributed by atoms with E-state index in [1.165, 1.54) is 12.8 Å². The van der Waals surface area contributed by atoms with Gasteiger partial charge in [0, 0.05) is 18.4 Å². The van der Waals surface area contributed by atoms with Crippen LogP contribution in [0.2, 0.25) is 0 Å². The maximum absolute atomic E-state index is 11.5. The van der Waals surface area contributed by atoms with E-state index in [1.807, 2.05) is 0 Å². The summed E-state index contributed by atoms with van der Waals surface area (Å²) in [6, 6.07) is 0.214. The Bertz CT molecular complexity index is 569. The van der Waals surface area contributed by atoms with Gasteiger partial charge in [0.25, 0.3) is 0 Å². The van der Waals surface area contributed by atoms with Crippen LogP contribution in [0.4, 0.5) is 0 Å². The maximum Gasteiger partial charge on any atom is 0.226 e. The minimum atomic E-state index is -2.91. The van der Waals surface area contributed by atoms with Gasteiger partial charge in [-0.15, -0.1) is 0 Å². The first-order valence-corrected chi connectivity index (χ1v) is 9.14. The van der Waals surface area contributed by atoms with Gasteiger partial charge < -0.3 is 10.3 Å². The average molecular weight is 299 g/mol.